The third-order valence-electron chi connectivity index (χ3n) is 3.12. The largest absolute Gasteiger partial charge is 0.481 e. The van der Waals surface area contributed by atoms with Crippen LogP contribution in [0.4, 0.5) is 0 Å². The van der Waals surface area contributed by atoms with E-state index in [0.717, 1.165) is 27.6 Å². The molecule has 2 aromatic heterocycles. The highest BCUT2D eigenvalue weighted by Gasteiger charge is 2.46. The van der Waals surface area contributed by atoms with Gasteiger partial charge in [0.05, 0.1) is 11.6 Å². The Morgan fingerprint density at radius 3 is 3.06 bits per heavy atom. The van der Waals surface area contributed by atoms with E-state index < -0.39 is 5.97 Å². The maximum Gasteiger partial charge on any atom is 0.307 e. The summed E-state index contributed by atoms with van der Waals surface area (Å²) in [5, 5.41) is 9.91. The quantitative estimate of drug-likeness (QED) is 0.877. The van der Waals surface area contributed by atoms with Crippen molar-refractivity contribution in [1.82, 2.24) is 9.97 Å². The number of hydrogen-bond acceptors (Lipinski definition) is 3. The summed E-state index contributed by atoms with van der Waals surface area (Å²) in [5.41, 5.74) is 2.04. The number of hydrogen-bond donors (Lipinski definition) is 2. The lowest BCUT2D eigenvalue weighted by Gasteiger charge is -1.92. The molecule has 1 aliphatic rings. The van der Waals surface area contributed by atoms with Crippen LogP contribution in [0.3, 0.4) is 0 Å². The van der Waals surface area contributed by atoms with E-state index in [9.17, 15) is 4.79 Å². The van der Waals surface area contributed by atoms with Crippen molar-refractivity contribution in [2.75, 3.05) is 0 Å². The number of rotatable bonds is 3. The van der Waals surface area contributed by atoms with Crippen molar-refractivity contribution >= 4 is 17.3 Å². The number of carboxylic acids is 1. The molecule has 1 saturated carbocycles. The van der Waals surface area contributed by atoms with Gasteiger partial charge in [-0.3, -0.25) is 4.79 Å². The van der Waals surface area contributed by atoms with Gasteiger partial charge < -0.3 is 10.1 Å². The molecule has 1 aliphatic carbocycles. The minimum Gasteiger partial charge on any atom is -0.481 e. The first kappa shape index (κ1) is 10.5. The maximum atomic E-state index is 10.9. The maximum absolute atomic E-state index is 10.9. The van der Waals surface area contributed by atoms with Crippen LogP contribution in [0.1, 0.15) is 22.9 Å². The van der Waals surface area contributed by atoms with E-state index in [1.54, 1.807) is 11.3 Å². The molecule has 3 rings (SSSR count). The molecule has 0 amide bonds. The van der Waals surface area contributed by atoms with Crippen LogP contribution in [0.5, 0.6) is 0 Å². The number of aliphatic carboxylic acids is 1. The summed E-state index contributed by atoms with van der Waals surface area (Å²) in [5.74, 6) is -0.711. The van der Waals surface area contributed by atoms with Gasteiger partial charge in [0.25, 0.3) is 0 Å². The molecule has 2 atom stereocenters. The van der Waals surface area contributed by atoms with Crippen molar-refractivity contribution in [1.29, 1.82) is 0 Å². The Bertz CT molecular complexity index is 559. The second-order valence-electron chi connectivity index (χ2n) is 4.36. The number of carboxylic acid groups (broad SMARTS) is 1. The first-order valence-corrected chi connectivity index (χ1v) is 6.31. The van der Waals surface area contributed by atoms with E-state index in [-0.39, 0.29) is 11.8 Å². The van der Waals surface area contributed by atoms with Crippen LogP contribution in [0.2, 0.25) is 0 Å². The smallest absolute Gasteiger partial charge is 0.307 e. The van der Waals surface area contributed by atoms with Gasteiger partial charge in [0.1, 0.15) is 5.01 Å². The van der Waals surface area contributed by atoms with Gasteiger partial charge in [-0.25, -0.2) is 4.98 Å². The van der Waals surface area contributed by atoms with Gasteiger partial charge in [-0.1, -0.05) is 0 Å². The lowest BCUT2D eigenvalue weighted by Crippen LogP contribution is -1.98. The van der Waals surface area contributed by atoms with E-state index in [1.807, 2.05) is 25.4 Å². The zero-order valence-corrected chi connectivity index (χ0v) is 10.1. The van der Waals surface area contributed by atoms with Gasteiger partial charge >= 0.3 is 5.97 Å². The van der Waals surface area contributed by atoms with Crippen molar-refractivity contribution in [2.45, 2.75) is 19.3 Å². The summed E-state index contributed by atoms with van der Waals surface area (Å²) in [6.07, 6.45) is 4.53. The number of nitrogens with zero attached hydrogens (tertiary/aromatic N) is 1. The molecule has 0 aromatic carbocycles. The molecule has 0 spiro atoms. The molecule has 0 radical (unpaired) electrons. The minimum absolute atomic E-state index is 0.178. The summed E-state index contributed by atoms with van der Waals surface area (Å²) >= 11 is 1.61. The zero-order valence-electron chi connectivity index (χ0n) is 9.30. The zero-order chi connectivity index (χ0) is 12.0. The van der Waals surface area contributed by atoms with Crippen LogP contribution in [-0.4, -0.2) is 21.0 Å². The van der Waals surface area contributed by atoms with Gasteiger partial charge in [-0.15, -0.1) is 11.3 Å². The van der Waals surface area contributed by atoms with Crippen LogP contribution in [0.25, 0.3) is 10.6 Å². The summed E-state index contributed by atoms with van der Waals surface area (Å²) in [6, 6.07) is 1.98. The Morgan fingerprint density at radius 1 is 1.65 bits per heavy atom. The molecule has 2 heterocycles. The number of aromatic amines is 1. The van der Waals surface area contributed by atoms with Crippen molar-refractivity contribution < 1.29 is 9.90 Å². The first-order chi connectivity index (χ1) is 8.16. The SMILES string of the molecule is Cc1nc(-c2cc[nH]c2)sc1C1CC1C(=O)O. The Balaban J connectivity index is 1.90. The summed E-state index contributed by atoms with van der Waals surface area (Å²) in [4.78, 5) is 19.5. The average molecular weight is 248 g/mol. The van der Waals surface area contributed by atoms with Crippen LogP contribution in [0.15, 0.2) is 18.5 Å². The van der Waals surface area contributed by atoms with Gasteiger partial charge in [0.2, 0.25) is 0 Å². The van der Waals surface area contributed by atoms with Gasteiger partial charge in [0, 0.05) is 28.8 Å². The van der Waals surface area contributed by atoms with Crippen LogP contribution >= 0.6 is 11.3 Å². The highest BCUT2D eigenvalue weighted by molar-refractivity contribution is 7.15. The van der Waals surface area contributed by atoms with E-state index in [2.05, 4.69) is 9.97 Å². The second-order valence-corrected chi connectivity index (χ2v) is 5.39. The van der Waals surface area contributed by atoms with Crippen LogP contribution in [-0.2, 0) is 4.79 Å². The van der Waals surface area contributed by atoms with E-state index in [1.165, 1.54) is 0 Å². The third-order valence-corrected chi connectivity index (χ3v) is 4.46. The molecule has 0 saturated heterocycles. The monoisotopic (exact) mass is 248 g/mol. The lowest BCUT2D eigenvalue weighted by molar-refractivity contribution is -0.138. The molecule has 5 heteroatoms. The molecular formula is C12H12N2O2S. The number of thiazole rings is 1. The molecule has 2 unspecified atom stereocenters. The van der Waals surface area contributed by atoms with Gasteiger partial charge in [-0.2, -0.15) is 0 Å². The third kappa shape index (κ3) is 1.76. The summed E-state index contributed by atoms with van der Waals surface area (Å²) in [7, 11) is 0. The van der Waals surface area contributed by atoms with Crippen LogP contribution in [0, 0.1) is 12.8 Å². The van der Waals surface area contributed by atoms with Crippen LogP contribution < -0.4 is 0 Å². The lowest BCUT2D eigenvalue weighted by atomic mass is 10.2. The van der Waals surface area contributed by atoms with Gasteiger partial charge in [0.15, 0.2) is 0 Å². The first-order valence-electron chi connectivity index (χ1n) is 5.50. The summed E-state index contributed by atoms with van der Waals surface area (Å²) in [6.45, 7) is 1.96. The minimum atomic E-state index is -0.689. The molecule has 0 aliphatic heterocycles. The second kappa shape index (κ2) is 3.70. The Morgan fingerprint density at radius 2 is 2.47 bits per heavy atom. The van der Waals surface area contributed by atoms with Gasteiger partial charge in [-0.05, 0) is 19.4 Å². The van der Waals surface area contributed by atoms with Crippen molar-refractivity contribution in [3.05, 3.63) is 29.0 Å². The van der Waals surface area contributed by atoms with E-state index in [0.29, 0.717) is 0 Å². The molecule has 4 nitrogen and oxygen atoms in total. The molecule has 17 heavy (non-hydrogen) atoms. The average Bonchev–Trinajstić information content (AvgIpc) is 2.73. The Hall–Kier alpha value is -1.62. The molecule has 1 fully saturated rings. The number of aromatic nitrogens is 2. The van der Waals surface area contributed by atoms with E-state index >= 15 is 0 Å². The highest BCUT2D eigenvalue weighted by atomic mass is 32.1. The van der Waals surface area contributed by atoms with Crippen molar-refractivity contribution in [2.24, 2.45) is 5.92 Å². The topological polar surface area (TPSA) is 66.0 Å². The summed E-state index contributed by atoms with van der Waals surface area (Å²) < 4.78 is 0. The Labute approximate surface area is 102 Å². The fourth-order valence-corrected chi connectivity index (χ4v) is 3.33. The molecular weight excluding hydrogens is 236 g/mol. The molecule has 2 N–H and O–H groups in total. The number of carbonyl (C=O) groups is 1. The molecule has 88 valence electrons. The fraction of sp³-hybridized carbons (Fsp3) is 0.333. The Kier molecular flexibility index (Phi) is 2.29. The number of H-pyrrole nitrogens is 1. The van der Waals surface area contributed by atoms with Crippen molar-refractivity contribution in [3.63, 3.8) is 0 Å². The molecule has 0 bridgehead atoms. The predicted molar refractivity (Wildman–Crippen MR) is 65.1 cm³/mol. The number of nitrogens with one attached hydrogen (secondary N) is 1. The predicted octanol–water partition coefficient (Wildman–Crippen LogP) is 2.63. The highest BCUT2D eigenvalue weighted by Crippen LogP contribution is 2.51. The molecule has 2 aromatic rings. The van der Waals surface area contributed by atoms with E-state index in [4.69, 9.17) is 5.11 Å². The number of aryl methyl sites for hydroxylation is 1. The van der Waals surface area contributed by atoms with Crippen molar-refractivity contribution in [3.8, 4) is 10.6 Å². The fourth-order valence-electron chi connectivity index (χ4n) is 2.09. The normalized spacial score (nSPS) is 22.6. The standard InChI is InChI=1S/C12H12N2O2S/c1-6-10(8-4-9(8)12(15)16)17-11(14-6)7-2-3-13-5-7/h2-3,5,8-9,13H,4H2,1H3,(H,15,16).